The molecule has 0 saturated carbocycles. The van der Waals surface area contributed by atoms with Crippen LogP contribution in [0.5, 0.6) is 0 Å². The topological polar surface area (TPSA) is 29.5 Å². The number of carbonyl (C=O) groups excluding carboxylic acids is 1. The van der Waals surface area contributed by atoms with E-state index in [1.165, 1.54) is 0 Å². The number of hydrogen-bond acceptors (Lipinski definition) is 2. The number of rotatable bonds is 1. The summed E-state index contributed by atoms with van der Waals surface area (Å²) in [4.78, 5) is 14.4. The number of benzene rings is 2. The number of hydrogen-bond donors (Lipinski definition) is 0. The van der Waals surface area contributed by atoms with Crippen LogP contribution >= 0.6 is 11.6 Å². The Labute approximate surface area is 141 Å². The van der Waals surface area contributed by atoms with E-state index in [9.17, 15) is 4.79 Å². The molecule has 0 fully saturated rings. The fourth-order valence-corrected chi connectivity index (χ4v) is 3.15. The fraction of sp³-hybridized carbons (Fsp3) is 0.316. The summed E-state index contributed by atoms with van der Waals surface area (Å²) in [7, 11) is 0. The summed E-state index contributed by atoms with van der Waals surface area (Å²) in [5.74, 6) is 0. The quantitative estimate of drug-likeness (QED) is 0.721. The molecule has 120 valence electrons. The Morgan fingerprint density at radius 3 is 2.35 bits per heavy atom. The summed E-state index contributed by atoms with van der Waals surface area (Å²) < 4.78 is 5.59. The number of carbonyl (C=O) groups is 1. The van der Waals surface area contributed by atoms with Crippen molar-refractivity contribution >= 4 is 17.7 Å². The van der Waals surface area contributed by atoms with E-state index in [-0.39, 0.29) is 12.1 Å². The highest BCUT2D eigenvalue weighted by Crippen LogP contribution is 2.41. The van der Waals surface area contributed by atoms with Crippen molar-refractivity contribution in [2.45, 2.75) is 39.0 Å². The first-order valence-electron chi connectivity index (χ1n) is 7.68. The molecule has 0 saturated heterocycles. The number of halogens is 1. The maximum atomic E-state index is 12.7. The van der Waals surface area contributed by atoms with Crippen LogP contribution in [0, 0.1) is 0 Å². The van der Waals surface area contributed by atoms with Gasteiger partial charge < -0.3 is 4.74 Å². The van der Waals surface area contributed by atoms with Gasteiger partial charge in [-0.2, -0.15) is 0 Å². The normalized spacial score (nSPS) is 17.0. The standard InChI is InChI=1S/C19H20ClNO2/c1-19(2,3)23-18(22)21-12-13-8-4-5-9-14(13)17(21)15-10-6-7-11-16(15)20/h4-11,17H,12H2,1-3H3. The molecule has 0 radical (unpaired) electrons. The van der Waals surface area contributed by atoms with Gasteiger partial charge in [-0.25, -0.2) is 4.79 Å². The second-order valence-electron chi connectivity index (χ2n) is 6.73. The zero-order valence-corrected chi connectivity index (χ0v) is 14.3. The summed E-state index contributed by atoms with van der Waals surface area (Å²) in [6.45, 7) is 6.15. The molecule has 2 aromatic carbocycles. The Morgan fingerprint density at radius 1 is 1.09 bits per heavy atom. The molecule has 23 heavy (non-hydrogen) atoms. The van der Waals surface area contributed by atoms with Crippen LogP contribution < -0.4 is 0 Å². The third kappa shape index (κ3) is 3.20. The van der Waals surface area contributed by atoms with Crippen molar-refractivity contribution in [2.24, 2.45) is 0 Å². The maximum Gasteiger partial charge on any atom is 0.411 e. The lowest BCUT2D eigenvalue weighted by atomic mass is 9.98. The number of amides is 1. The van der Waals surface area contributed by atoms with Gasteiger partial charge in [0.05, 0.1) is 12.6 Å². The van der Waals surface area contributed by atoms with Crippen molar-refractivity contribution in [3.8, 4) is 0 Å². The van der Waals surface area contributed by atoms with Gasteiger partial charge in [0.2, 0.25) is 0 Å². The molecule has 0 aromatic heterocycles. The predicted molar refractivity (Wildman–Crippen MR) is 91.5 cm³/mol. The minimum absolute atomic E-state index is 0.213. The molecule has 1 amide bonds. The van der Waals surface area contributed by atoms with Gasteiger partial charge in [-0.15, -0.1) is 0 Å². The predicted octanol–water partition coefficient (Wildman–Crippen LogP) is 5.18. The second-order valence-corrected chi connectivity index (χ2v) is 7.14. The van der Waals surface area contributed by atoms with E-state index in [0.29, 0.717) is 11.6 Å². The first kappa shape index (κ1) is 15.9. The average Bonchev–Trinajstić information content (AvgIpc) is 2.85. The van der Waals surface area contributed by atoms with Crippen molar-refractivity contribution in [1.29, 1.82) is 0 Å². The van der Waals surface area contributed by atoms with Crippen LogP contribution in [0.15, 0.2) is 48.5 Å². The molecule has 0 N–H and O–H groups in total. The van der Waals surface area contributed by atoms with Gasteiger partial charge in [-0.1, -0.05) is 54.1 Å². The van der Waals surface area contributed by atoms with E-state index in [1.807, 2.05) is 69.3 Å². The average molecular weight is 330 g/mol. The summed E-state index contributed by atoms with van der Waals surface area (Å²) in [6.07, 6.45) is -0.321. The lowest BCUT2D eigenvalue weighted by molar-refractivity contribution is 0.0203. The van der Waals surface area contributed by atoms with Crippen LogP contribution in [0.1, 0.15) is 43.5 Å². The monoisotopic (exact) mass is 329 g/mol. The SMILES string of the molecule is CC(C)(C)OC(=O)N1Cc2ccccc2C1c1ccccc1Cl. The Bertz CT molecular complexity index is 736. The lowest BCUT2D eigenvalue weighted by Gasteiger charge is -2.29. The van der Waals surface area contributed by atoms with Gasteiger partial charge in [0, 0.05) is 5.02 Å². The van der Waals surface area contributed by atoms with Gasteiger partial charge in [-0.05, 0) is 43.5 Å². The van der Waals surface area contributed by atoms with E-state index < -0.39 is 5.60 Å². The molecule has 0 bridgehead atoms. The zero-order valence-electron chi connectivity index (χ0n) is 13.5. The molecular formula is C19H20ClNO2. The van der Waals surface area contributed by atoms with Gasteiger partial charge >= 0.3 is 6.09 Å². The second kappa shape index (κ2) is 5.89. The number of nitrogens with zero attached hydrogens (tertiary/aromatic N) is 1. The number of ether oxygens (including phenoxy) is 1. The fourth-order valence-electron chi connectivity index (χ4n) is 2.91. The molecule has 1 atom stereocenters. The van der Waals surface area contributed by atoms with Crippen LogP contribution in [-0.2, 0) is 11.3 Å². The molecule has 0 spiro atoms. The van der Waals surface area contributed by atoms with Crippen LogP contribution in [-0.4, -0.2) is 16.6 Å². The lowest BCUT2D eigenvalue weighted by Crippen LogP contribution is -2.36. The summed E-state index contributed by atoms with van der Waals surface area (Å²) in [5, 5.41) is 0.655. The first-order chi connectivity index (χ1) is 10.9. The molecule has 1 unspecified atom stereocenters. The Kier molecular flexibility index (Phi) is 4.07. The van der Waals surface area contributed by atoms with E-state index in [0.717, 1.165) is 16.7 Å². The highest BCUT2D eigenvalue weighted by Gasteiger charge is 2.37. The summed E-state index contributed by atoms with van der Waals surface area (Å²) >= 11 is 6.40. The largest absolute Gasteiger partial charge is 0.444 e. The minimum Gasteiger partial charge on any atom is -0.444 e. The smallest absolute Gasteiger partial charge is 0.411 e. The van der Waals surface area contributed by atoms with E-state index >= 15 is 0 Å². The van der Waals surface area contributed by atoms with Crippen molar-refractivity contribution in [3.63, 3.8) is 0 Å². The summed E-state index contributed by atoms with van der Waals surface area (Å²) in [5.41, 5.74) is 2.62. The molecule has 3 nitrogen and oxygen atoms in total. The minimum atomic E-state index is -0.531. The van der Waals surface area contributed by atoms with Crippen molar-refractivity contribution in [1.82, 2.24) is 4.90 Å². The van der Waals surface area contributed by atoms with E-state index in [1.54, 1.807) is 4.90 Å². The molecule has 1 aliphatic heterocycles. The first-order valence-corrected chi connectivity index (χ1v) is 8.06. The van der Waals surface area contributed by atoms with Crippen LogP contribution in [0.3, 0.4) is 0 Å². The molecular weight excluding hydrogens is 310 g/mol. The number of fused-ring (bicyclic) bond motifs is 1. The third-order valence-electron chi connectivity index (χ3n) is 3.83. The third-order valence-corrected chi connectivity index (χ3v) is 4.17. The zero-order chi connectivity index (χ0) is 16.6. The van der Waals surface area contributed by atoms with Crippen LogP contribution in [0.25, 0.3) is 0 Å². The van der Waals surface area contributed by atoms with Crippen molar-refractivity contribution in [2.75, 3.05) is 0 Å². The van der Waals surface area contributed by atoms with Gasteiger partial charge in [0.25, 0.3) is 0 Å². The molecule has 4 heteroatoms. The van der Waals surface area contributed by atoms with Crippen LogP contribution in [0.2, 0.25) is 5.02 Å². The Balaban J connectivity index is 2.03. The Hall–Kier alpha value is -2.00. The van der Waals surface area contributed by atoms with Crippen molar-refractivity contribution < 1.29 is 9.53 Å². The molecule has 3 rings (SSSR count). The van der Waals surface area contributed by atoms with E-state index in [4.69, 9.17) is 16.3 Å². The van der Waals surface area contributed by atoms with Crippen molar-refractivity contribution in [3.05, 3.63) is 70.2 Å². The molecule has 1 heterocycles. The Morgan fingerprint density at radius 2 is 1.70 bits per heavy atom. The molecule has 1 aliphatic rings. The summed E-state index contributed by atoms with van der Waals surface area (Å²) in [6, 6.07) is 15.5. The van der Waals surface area contributed by atoms with Gasteiger partial charge in [0.1, 0.15) is 5.60 Å². The van der Waals surface area contributed by atoms with E-state index in [2.05, 4.69) is 0 Å². The molecule has 2 aromatic rings. The molecule has 0 aliphatic carbocycles. The van der Waals surface area contributed by atoms with Gasteiger partial charge in [0.15, 0.2) is 0 Å². The van der Waals surface area contributed by atoms with Crippen LogP contribution in [0.4, 0.5) is 4.79 Å². The highest BCUT2D eigenvalue weighted by atomic mass is 35.5. The van der Waals surface area contributed by atoms with Gasteiger partial charge in [-0.3, -0.25) is 4.90 Å². The highest BCUT2D eigenvalue weighted by molar-refractivity contribution is 6.31. The maximum absolute atomic E-state index is 12.7.